The maximum absolute atomic E-state index is 12.4. The molecule has 1 aromatic carbocycles. The number of halogens is 4. The standard InChI is InChI=1S/C11H13ClF3N/c1-10(2,16)6-7-3-4-8(9(12)5-7)11(13,14)15/h3-5H,6,16H2,1-2H3. The van der Waals surface area contributed by atoms with E-state index in [0.717, 1.165) is 6.07 Å². The first-order valence-corrected chi connectivity index (χ1v) is 5.12. The van der Waals surface area contributed by atoms with Gasteiger partial charge in [-0.15, -0.1) is 0 Å². The number of rotatable bonds is 2. The molecule has 2 N–H and O–H groups in total. The molecule has 0 saturated carbocycles. The van der Waals surface area contributed by atoms with E-state index in [0.29, 0.717) is 12.0 Å². The first kappa shape index (κ1) is 13.3. The molecule has 1 rings (SSSR count). The van der Waals surface area contributed by atoms with Crippen LogP contribution in [0.15, 0.2) is 18.2 Å². The van der Waals surface area contributed by atoms with Gasteiger partial charge in [0, 0.05) is 5.54 Å². The fourth-order valence-corrected chi connectivity index (χ4v) is 1.73. The summed E-state index contributed by atoms with van der Waals surface area (Å²) in [6, 6.07) is 3.71. The van der Waals surface area contributed by atoms with Crippen LogP contribution in [0, 0.1) is 0 Å². The lowest BCUT2D eigenvalue weighted by molar-refractivity contribution is -0.137. The number of alkyl halides is 3. The van der Waals surface area contributed by atoms with Crippen LogP contribution in [0.25, 0.3) is 0 Å². The summed E-state index contributed by atoms with van der Waals surface area (Å²) in [5.41, 5.74) is 5.19. The molecule has 1 nitrogen and oxygen atoms in total. The average Bonchev–Trinajstić information content (AvgIpc) is 1.97. The van der Waals surface area contributed by atoms with Gasteiger partial charge in [-0.3, -0.25) is 0 Å². The zero-order chi connectivity index (χ0) is 12.6. The van der Waals surface area contributed by atoms with Crippen LogP contribution in [0.1, 0.15) is 25.0 Å². The Morgan fingerprint density at radius 3 is 2.19 bits per heavy atom. The summed E-state index contributed by atoms with van der Waals surface area (Å²) >= 11 is 5.58. The van der Waals surface area contributed by atoms with E-state index in [-0.39, 0.29) is 5.02 Å². The van der Waals surface area contributed by atoms with Crippen LogP contribution in [-0.2, 0) is 12.6 Å². The second-order valence-electron chi connectivity index (χ2n) is 4.48. The molecule has 0 heterocycles. The zero-order valence-corrected chi connectivity index (χ0v) is 9.78. The van der Waals surface area contributed by atoms with Crippen molar-refractivity contribution in [2.24, 2.45) is 5.73 Å². The number of nitrogens with two attached hydrogens (primary N) is 1. The molecule has 0 unspecified atom stereocenters. The first-order chi connectivity index (χ1) is 7.09. The Labute approximate surface area is 97.4 Å². The molecule has 0 aliphatic carbocycles. The molecule has 0 spiro atoms. The van der Waals surface area contributed by atoms with E-state index in [1.54, 1.807) is 13.8 Å². The van der Waals surface area contributed by atoms with Crippen molar-refractivity contribution >= 4 is 11.6 Å². The van der Waals surface area contributed by atoms with Crippen molar-refractivity contribution in [3.05, 3.63) is 34.3 Å². The van der Waals surface area contributed by atoms with Crippen molar-refractivity contribution in [2.45, 2.75) is 32.0 Å². The highest BCUT2D eigenvalue weighted by Gasteiger charge is 2.33. The molecule has 0 amide bonds. The van der Waals surface area contributed by atoms with E-state index in [1.165, 1.54) is 12.1 Å². The van der Waals surface area contributed by atoms with Crippen molar-refractivity contribution in [2.75, 3.05) is 0 Å². The predicted molar refractivity (Wildman–Crippen MR) is 58.4 cm³/mol. The number of hydrogen-bond donors (Lipinski definition) is 1. The maximum atomic E-state index is 12.4. The Morgan fingerprint density at radius 2 is 1.81 bits per heavy atom. The Morgan fingerprint density at radius 1 is 1.25 bits per heavy atom. The van der Waals surface area contributed by atoms with E-state index < -0.39 is 17.3 Å². The second-order valence-corrected chi connectivity index (χ2v) is 4.88. The predicted octanol–water partition coefficient (Wildman–Crippen LogP) is 3.64. The SMILES string of the molecule is CC(C)(N)Cc1ccc(C(F)(F)F)c(Cl)c1. The van der Waals surface area contributed by atoms with E-state index in [1.807, 2.05) is 0 Å². The summed E-state index contributed by atoms with van der Waals surface area (Å²) in [4.78, 5) is 0. The van der Waals surface area contributed by atoms with Gasteiger partial charge in [0.15, 0.2) is 0 Å². The highest BCUT2D eigenvalue weighted by atomic mass is 35.5. The van der Waals surface area contributed by atoms with E-state index >= 15 is 0 Å². The first-order valence-electron chi connectivity index (χ1n) is 4.74. The normalized spacial score (nSPS) is 12.9. The van der Waals surface area contributed by atoms with Crippen molar-refractivity contribution in [1.29, 1.82) is 0 Å². The fraction of sp³-hybridized carbons (Fsp3) is 0.455. The van der Waals surface area contributed by atoms with Crippen LogP contribution in [0.4, 0.5) is 13.2 Å². The van der Waals surface area contributed by atoms with Gasteiger partial charge in [0.1, 0.15) is 0 Å². The van der Waals surface area contributed by atoms with Crippen LogP contribution in [-0.4, -0.2) is 5.54 Å². The van der Waals surface area contributed by atoms with Gasteiger partial charge >= 0.3 is 6.18 Å². The Kier molecular flexibility index (Phi) is 3.55. The monoisotopic (exact) mass is 251 g/mol. The molecular formula is C11H13ClF3N. The lowest BCUT2D eigenvalue weighted by Crippen LogP contribution is -2.34. The minimum atomic E-state index is -4.41. The summed E-state index contributed by atoms with van der Waals surface area (Å²) in [5, 5.41) is -0.283. The summed E-state index contributed by atoms with van der Waals surface area (Å²) in [6.07, 6.45) is -3.93. The fourth-order valence-electron chi connectivity index (χ4n) is 1.42. The molecule has 90 valence electrons. The van der Waals surface area contributed by atoms with Gasteiger partial charge in [-0.05, 0) is 38.0 Å². The lowest BCUT2D eigenvalue weighted by Gasteiger charge is -2.19. The Balaban J connectivity index is 3.01. The highest BCUT2D eigenvalue weighted by molar-refractivity contribution is 6.31. The van der Waals surface area contributed by atoms with Crippen LogP contribution in [0.5, 0.6) is 0 Å². The molecule has 0 radical (unpaired) electrons. The summed E-state index contributed by atoms with van der Waals surface area (Å²) in [5.74, 6) is 0. The number of hydrogen-bond acceptors (Lipinski definition) is 1. The average molecular weight is 252 g/mol. The maximum Gasteiger partial charge on any atom is 0.417 e. The van der Waals surface area contributed by atoms with Crippen LogP contribution in [0.3, 0.4) is 0 Å². The molecule has 0 aromatic heterocycles. The molecule has 1 aromatic rings. The largest absolute Gasteiger partial charge is 0.417 e. The van der Waals surface area contributed by atoms with Gasteiger partial charge in [-0.1, -0.05) is 17.7 Å². The van der Waals surface area contributed by atoms with Gasteiger partial charge in [0.2, 0.25) is 0 Å². The lowest BCUT2D eigenvalue weighted by atomic mass is 9.95. The molecule has 0 saturated heterocycles. The molecular weight excluding hydrogens is 239 g/mol. The minimum absolute atomic E-state index is 0.283. The van der Waals surface area contributed by atoms with Crippen molar-refractivity contribution < 1.29 is 13.2 Å². The molecule has 5 heteroatoms. The molecule has 0 aliphatic rings. The quantitative estimate of drug-likeness (QED) is 0.853. The smallest absolute Gasteiger partial charge is 0.325 e. The van der Waals surface area contributed by atoms with Crippen molar-refractivity contribution in [3.8, 4) is 0 Å². The third-order valence-corrected chi connectivity index (χ3v) is 2.31. The van der Waals surface area contributed by atoms with Gasteiger partial charge in [0.05, 0.1) is 10.6 Å². The summed E-state index contributed by atoms with van der Waals surface area (Å²) in [7, 11) is 0. The van der Waals surface area contributed by atoms with Gasteiger partial charge in [-0.2, -0.15) is 13.2 Å². The van der Waals surface area contributed by atoms with Gasteiger partial charge in [0.25, 0.3) is 0 Å². The third-order valence-electron chi connectivity index (χ3n) is 2.00. The van der Waals surface area contributed by atoms with Crippen LogP contribution in [0.2, 0.25) is 5.02 Å². The number of benzene rings is 1. The van der Waals surface area contributed by atoms with E-state index in [2.05, 4.69) is 0 Å². The van der Waals surface area contributed by atoms with E-state index in [9.17, 15) is 13.2 Å². The highest BCUT2D eigenvalue weighted by Crippen LogP contribution is 2.35. The van der Waals surface area contributed by atoms with Crippen LogP contribution >= 0.6 is 11.6 Å². The topological polar surface area (TPSA) is 26.0 Å². The molecule has 0 bridgehead atoms. The molecule has 0 aliphatic heterocycles. The van der Waals surface area contributed by atoms with Crippen molar-refractivity contribution in [3.63, 3.8) is 0 Å². The summed E-state index contributed by atoms with van der Waals surface area (Å²) in [6.45, 7) is 3.61. The second kappa shape index (κ2) is 4.26. The minimum Gasteiger partial charge on any atom is -0.325 e. The van der Waals surface area contributed by atoms with Crippen LogP contribution < -0.4 is 5.73 Å². The summed E-state index contributed by atoms with van der Waals surface area (Å²) < 4.78 is 37.2. The zero-order valence-electron chi connectivity index (χ0n) is 9.03. The molecule has 16 heavy (non-hydrogen) atoms. The third kappa shape index (κ3) is 3.68. The Bertz CT molecular complexity index is 380. The van der Waals surface area contributed by atoms with Gasteiger partial charge in [-0.25, -0.2) is 0 Å². The van der Waals surface area contributed by atoms with Crippen molar-refractivity contribution in [1.82, 2.24) is 0 Å². The Hall–Kier alpha value is -0.740. The van der Waals surface area contributed by atoms with Gasteiger partial charge < -0.3 is 5.73 Å². The van der Waals surface area contributed by atoms with E-state index in [4.69, 9.17) is 17.3 Å². The molecule has 0 fully saturated rings. The molecule has 0 atom stereocenters.